The lowest BCUT2D eigenvalue weighted by Gasteiger charge is -2.30. The molecule has 0 saturated carbocycles. The molecular weight excluding hydrogens is 436 g/mol. The summed E-state index contributed by atoms with van der Waals surface area (Å²) in [4.78, 5) is 35.1. The van der Waals surface area contributed by atoms with Crippen LogP contribution in [0.15, 0.2) is 23.1 Å². The molecule has 1 aromatic carbocycles. The number of ether oxygens (including phenoxy) is 1. The molecule has 1 aliphatic heterocycles. The van der Waals surface area contributed by atoms with Crippen LogP contribution in [0.2, 0.25) is 0 Å². The first kappa shape index (κ1) is 24.7. The van der Waals surface area contributed by atoms with E-state index in [0.29, 0.717) is 6.07 Å². The highest BCUT2D eigenvalue weighted by molar-refractivity contribution is 7.89. The van der Waals surface area contributed by atoms with Crippen molar-refractivity contribution in [2.24, 2.45) is 5.92 Å². The number of hydrogen-bond acceptors (Lipinski definition) is 6. The summed E-state index contributed by atoms with van der Waals surface area (Å²) in [6.07, 6.45) is 0.266. The number of carbonyl (C=O) groups is 3. The molecule has 1 fully saturated rings. The summed E-state index contributed by atoms with van der Waals surface area (Å²) in [7, 11) is -4.04. The number of nitrogens with zero attached hydrogens (tertiary/aromatic N) is 1. The summed E-state index contributed by atoms with van der Waals surface area (Å²) < 4.78 is 57.6. The van der Waals surface area contributed by atoms with Crippen molar-refractivity contribution in [1.29, 1.82) is 0 Å². The molecule has 2 N–H and O–H groups in total. The highest BCUT2D eigenvalue weighted by atomic mass is 32.2. The molecule has 1 aromatic rings. The molecule has 0 unspecified atom stereocenters. The van der Waals surface area contributed by atoms with Crippen LogP contribution in [-0.4, -0.2) is 55.9 Å². The Morgan fingerprint density at radius 1 is 1.13 bits per heavy atom. The molecule has 1 saturated heterocycles. The van der Waals surface area contributed by atoms with Crippen LogP contribution in [0.4, 0.5) is 13.6 Å². The molecule has 0 radical (unpaired) electrons. The van der Waals surface area contributed by atoms with E-state index >= 15 is 0 Å². The Labute approximate surface area is 179 Å². The van der Waals surface area contributed by atoms with Crippen molar-refractivity contribution in [2.45, 2.75) is 44.0 Å². The highest BCUT2D eigenvalue weighted by Crippen LogP contribution is 2.25. The summed E-state index contributed by atoms with van der Waals surface area (Å²) in [6.45, 7) is 4.50. The van der Waals surface area contributed by atoms with Gasteiger partial charge in [-0.3, -0.25) is 14.9 Å². The minimum Gasteiger partial charge on any atom is -0.455 e. The van der Waals surface area contributed by atoms with Gasteiger partial charge in [0, 0.05) is 18.6 Å². The lowest BCUT2D eigenvalue weighted by molar-refractivity contribution is -0.153. The number of esters is 1. The number of urea groups is 1. The molecule has 3 amide bonds. The third-order valence-electron chi connectivity index (χ3n) is 4.40. The molecule has 0 aromatic heterocycles. The van der Waals surface area contributed by atoms with Gasteiger partial charge in [-0.05, 0) is 51.8 Å². The number of benzene rings is 1. The second-order valence-corrected chi connectivity index (χ2v) is 10.1. The lowest BCUT2D eigenvalue weighted by Crippen LogP contribution is -2.49. The van der Waals surface area contributed by atoms with Crippen molar-refractivity contribution in [3.63, 3.8) is 0 Å². The fraction of sp³-hybridized carbons (Fsp3) is 0.526. The van der Waals surface area contributed by atoms with Gasteiger partial charge >= 0.3 is 12.0 Å². The van der Waals surface area contributed by atoms with Crippen LogP contribution in [0.5, 0.6) is 0 Å². The minimum atomic E-state index is -4.04. The van der Waals surface area contributed by atoms with E-state index in [1.165, 1.54) is 0 Å². The summed E-state index contributed by atoms with van der Waals surface area (Å²) in [6, 6.07) is 1.60. The second-order valence-electron chi connectivity index (χ2n) is 8.11. The van der Waals surface area contributed by atoms with Gasteiger partial charge < -0.3 is 10.1 Å². The number of sulfonamides is 1. The molecule has 1 aliphatic rings. The Balaban J connectivity index is 1.84. The molecule has 1 heterocycles. The lowest BCUT2D eigenvalue weighted by atomic mass is 9.98. The largest absolute Gasteiger partial charge is 0.455 e. The average molecular weight is 461 g/mol. The van der Waals surface area contributed by atoms with Gasteiger partial charge in [0.2, 0.25) is 10.0 Å². The molecule has 2 rings (SSSR count). The van der Waals surface area contributed by atoms with Crippen LogP contribution in [0.1, 0.15) is 33.6 Å². The van der Waals surface area contributed by atoms with Crippen molar-refractivity contribution < 1.29 is 36.3 Å². The first-order valence-corrected chi connectivity index (χ1v) is 11.0. The van der Waals surface area contributed by atoms with Crippen molar-refractivity contribution >= 4 is 27.9 Å². The Morgan fingerprint density at radius 2 is 1.74 bits per heavy atom. The van der Waals surface area contributed by atoms with Gasteiger partial charge in [-0.25, -0.2) is 22.0 Å². The monoisotopic (exact) mass is 461 g/mol. The van der Waals surface area contributed by atoms with E-state index < -0.39 is 57.6 Å². The first-order chi connectivity index (χ1) is 14.3. The van der Waals surface area contributed by atoms with E-state index in [1.807, 2.05) is 5.32 Å². The maximum Gasteiger partial charge on any atom is 0.321 e. The van der Waals surface area contributed by atoms with E-state index in [-0.39, 0.29) is 30.8 Å². The fourth-order valence-electron chi connectivity index (χ4n) is 2.91. The van der Waals surface area contributed by atoms with Crippen LogP contribution < -0.4 is 10.6 Å². The first-order valence-electron chi connectivity index (χ1n) is 9.53. The van der Waals surface area contributed by atoms with Crippen molar-refractivity contribution in [3.8, 4) is 0 Å². The smallest absolute Gasteiger partial charge is 0.321 e. The van der Waals surface area contributed by atoms with Gasteiger partial charge in [-0.1, -0.05) is 0 Å². The second kappa shape index (κ2) is 9.69. The molecule has 0 atom stereocenters. The number of amides is 3. The minimum absolute atomic E-state index is 0.0265. The van der Waals surface area contributed by atoms with E-state index in [4.69, 9.17) is 4.74 Å². The number of nitrogens with one attached hydrogen (secondary N) is 2. The molecule has 9 nitrogen and oxygen atoms in total. The molecule has 12 heteroatoms. The number of imide groups is 1. The summed E-state index contributed by atoms with van der Waals surface area (Å²) in [5.74, 6) is -4.54. The maximum absolute atomic E-state index is 13.4. The van der Waals surface area contributed by atoms with E-state index in [0.717, 1.165) is 16.4 Å². The fourth-order valence-corrected chi connectivity index (χ4v) is 4.39. The molecule has 0 bridgehead atoms. The van der Waals surface area contributed by atoms with Crippen molar-refractivity contribution in [1.82, 2.24) is 14.9 Å². The van der Waals surface area contributed by atoms with Crippen molar-refractivity contribution in [2.75, 3.05) is 19.7 Å². The number of piperidine rings is 1. The Hall–Kier alpha value is -2.60. The number of halogens is 2. The maximum atomic E-state index is 13.4. The number of rotatable bonds is 5. The highest BCUT2D eigenvalue weighted by Gasteiger charge is 2.33. The van der Waals surface area contributed by atoms with Gasteiger partial charge in [0.1, 0.15) is 0 Å². The summed E-state index contributed by atoms with van der Waals surface area (Å²) in [5.41, 5.74) is -0.547. The van der Waals surface area contributed by atoms with Crippen LogP contribution >= 0.6 is 0 Å². The van der Waals surface area contributed by atoms with E-state index in [1.54, 1.807) is 20.8 Å². The van der Waals surface area contributed by atoms with Crippen LogP contribution in [-0.2, 0) is 24.3 Å². The molecule has 0 aliphatic carbocycles. The number of carbonyl (C=O) groups excluding carboxylic acids is 3. The van der Waals surface area contributed by atoms with Gasteiger partial charge in [0.25, 0.3) is 5.91 Å². The molecule has 172 valence electrons. The average Bonchev–Trinajstić information content (AvgIpc) is 2.66. The van der Waals surface area contributed by atoms with Crippen LogP contribution in [0, 0.1) is 17.6 Å². The quantitative estimate of drug-likeness (QED) is 0.642. The third-order valence-corrected chi connectivity index (χ3v) is 6.30. The van der Waals surface area contributed by atoms with Crippen LogP contribution in [0.3, 0.4) is 0 Å². The standard InChI is InChI=1S/C19H25F2N3O6S/c1-19(2,3)23-18(27)22-16(25)11-30-17(26)12-6-8-24(9-7-12)31(28,29)13-4-5-14(20)15(21)10-13/h4-5,10,12H,6-9,11H2,1-3H3,(H2,22,23,25,27). The van der Waals surface area contributed by atoms with Gasteiger partial charge in [-0.15, -0.1) is 0 Å². The Morgan fingerprint density at radius 3 is 2.29 bits per heavy atom. The summed E-state index contributed by atoms with van der Waals surface area (Å²) >= 11 is 0. The summed E-state index contributed by atoms with van der Waals surface area (Å²) in [5, 5.41) is 4.56. The van der Waals surface area contributed by atoms with Crippen molar-refractivity contribution in [3.05, 3.63) is 29.8 Å². The van der Waals surface area contributed by atoms with Gasteiger partial charge in [0.05, 0.1) is 10.8 Å². The third kappa shape index (κ3) is 6.96. The Kier molecular flexibility index (Phi) is 7.71. The van der Waals surface area contributed by atoms with Crippen LogP contribution in [0.25, 0.3) is 0 Å². The predicted molar refractivity (Wildman–Crippen MR) is 105 cm³/mol. The topological polar surface area (TPSA) is 122 Å². The Bertz CT molecular complexity index is 954. The van der Waals surface area contributed by atoms with E-state index in [2.05, 4.69) is 5.32 Å². The predicted octanol–water partition coefficient (Wildman–Crippen LogP) is 1.53. The SMILES string of the molecule is CC(C)(C)NC(=O)NC(=O)COC(=O)C1CCN(S(=O)(=O)c2ccc(F)c(F)c2)CC1. The normalized spacial score (nSPS) is 15.9. The zero-order valence-electron chi connectivity index (χ0n) is 17.4. The van der Waals surface area contributed by atoms with Gasteiger partial charge in [-0.2, -0.15) is 4.31 Å². The molecular formula is C19H25F2N3O6S. The zero-order chi connectivity index (χ0) is 23.4. The van der Waals surface area contributed by atoms with E-state index in [9.17, 15) is 31.6 Å². The molecule has 0 spiro atoms. The number of hydrogen-bond donors (Lipinski definition) is 2. The molecule has 31 heavy (non-hydrogen) atoms. The zero-order valence-corrected chi connectivity index (χ0v) is 18.2. The van der Waals surface area contributed by atoms with Gasteiger partial charge in [0.15, 0.2) is 18.2 Å².